The predicted molar refractivity (Wildman–Crippen MR) is 78.1 cm³/mol. The maximum Gasteiger partial charge on any atom is 0.295 e. The lowest BCUT2D eigenvalue weighted by molar-refractivity contribution is -0.383. The molecule has 0 saturated heterocycles. The summed E-state index contributed by atoms with van der Waals surface area (Å²) in [4.78, 5) is 17.0. The number of aromatic nitrogens is 1. The van der Waals surface area contributed by atoms with Crippen molar-refractivity contribution in [1.29, 1.82) is 0 Å². The van der Waals surface area contributed by atoms with Crippen LogP contribution in [0.4, 0.5) is 11.4 Å². The van der Waals surface area contributed by atoms with Gasteiger partial charge in [0.2, 0.25) is 0 Å². The van der Waals surface area contributed by atoms with Crippen molar-refractivity contribution in [3.8, 4) is 0 Å². The van der Waals surface area contributed by atoms with E-state index in [4.69, 9.17) is 5.11 Å². The summed E-state index contributed by atoms with van der Waals surface area (Å²) in [5.41, 5.74) is 1.99. The normalized spacial score (nSPS) is 10.8. The summed E-state index contributed by atoms with van der Waals surface area (Å²) in [6.07, 6.45) is 0. The minimum absolute atomic E-state index is 0.00695. The fourth-order valence-corrected chi connectivity index (χ4v) is 2.32. The van der Waals surface area contributed by atoms with E-state index in [-0.39, 0.29) is 12.3 Å². The van der Waals surface area contributed by atoms with E-state index in [1.54, 1.807) is 6.07 Å². The number of para-hydroxylation sites is 1. The van der Waals surface area contributed by atoms with Gasteiger partial charge < -0.3 is 10.0 Å². The highest BCUT2D eigenvalue weighted by Gasteiger charge is 2.17. The molecule has 2 rings (SSSR count). The number of hydrogen-bond donors (Lipinski definition) is 1. The third kappa shape index (κ3) is 2.55. The van der Waals surface area contributed by atoms with Crippen LogP contribution in [0.1, 0.15) is 12.6 Å². The van der Waals surface area contributed by atoms with Crippen LogP contribution < -0.4 is 4.90 Å². The van der Waals surface area contributed by atoms with Crippen LogP contribution in [0.15, 0.2) is 24.3 Å². The molecule has 1 heterocycles. The minimum Gasteiger partial charge on any atom is -0.395 e. The number of likely N-dealkylation sites (N-methyl/N-ethyl adjacent to an activating group) is 1. The molecule has 0 saturated carbocycles. The van der Waals surface area contributed by atoms with Gasteiger partial charge in [-0.3, -0.25) is 10.1 Å². The summed E-state index contributed by atoms with van der Waals surface area (Å²) < 4.78 is 0. The number of aliphatic hydroxyl groups is 1. The molecule has 20 heavy (non-hydrogen) atoms. The second-order valence-electron chi connectivity index (χ2n) is 4.52. The summed E-state index contributed by atoms with van der Waals surface area (Å²) in [7, 11) is 0. The fraction of sp³-hybridized carbons (Fsp3) is 0.357. The van der Waals surface area contributed by atoms with Crippen molar-refractivity contribution in [1.82, 2.24) is 4.98 Å². The van der Waals surface area contributed by atoms with Crippen LogP contribution in [0.5, 0.6) is 0 Å². The largest absolute Gasteiger partial charge is 0.395 e. The zero-order chi connectivity index (χ0) is 14.7. The molecule has 1 N–H and O–H groups in total. The van der Waals surface area contributed by atoms with Crippen LogP contribution in [-0.2, 0) is 0 Å². The first-order valence-corrected chi connectivity index (χ1v) is 6.49. The lowest BCUT2D eigenvalue weighted by Gasteiger charge is -2.23. The van der Waals surface area contributed by atoms with Gasteiger partial charge in [0.05, 0.1) is 11.5 Å². The van der Waals surface area contributed by atoms with Crippen LogP contribution in [0.2, 0.25) is 0 Å². The first kappa shape index (κ1) is 14.2. The highest BCUT2D eigenvalue weighted by Crippen LogP contribution is 2.31. The van der Waals surface area contributed by atoms with Crippen molar-refractivity contribution in [3.63, 3.8) is 0 Å². The van der Waals surface area contributed by atoms with Crippen molar-refractivity contribution >= 4 is 22.3 Å². The topological polar surface area (TPSA) is 79.5 Å². The van der Waals surface area contributed by atoms with Gasteiger partial charge in [-0.25, -0.2) is 4.98 Å². The number of nitro benzene ring substituents is 1. The number of anilines is 1. The molecule has 106 valence electrons. The van der Waals surface area contributed by atoms with Crippen molar-refractivity contribution in [2.45, 2.75) is 13.8 Å². The van der Waals surface area contributed by atoms with E-state index in [9.17, 15) is 10.1 Å². The van der Waals surface area contributed by atoms with E-state index >= 15 is 0 Å². The molecule has 1 aromatic carbocycles. The van der Waals surface area contributed by atoms with E-state index < -0.39 is 4.92 Å². The number of rotatable bonds is 5. The van der Waals surface area contributed by atoms with Crippen LogP contribution >= 0.6 is 0 Å². The molecule has 0 radical (unpaired) electrons. The van der Waals surface area contributed by atoms with Crippen LogP contribution in [0.3, 0.4) is 0 Å². The zero-order valence-corrected chi connectivity index (χ0v) is 11.5. The van der Waals surface area contributed by atoms with Crippen molar-refractivity contribution in [2.24, 2.45) is 0 Å². The van der Waals surface area contributed by atoms with E-state index in [0.29, 0.717) is 18.6 Å². The van der Waals surface area contributed by atoms with Crippen LogP contribution in [-0.4, -0.2) is 34.7 Å². The Morgan fingerprint density at radius 1 is 1.45 bits per heavy atom. The molecule has 1 aromatic heterocycles. The molecule has 0 atom stereocenters. The summed E-state index contributed by atoms with van der Waals surface area (Å²) in [5, 5.41) is 21.0. The first-order valence-electron chi connectivity index (χ1n) is 6.49. The van der Waals surface area contributed by atoms with Gasteiger partial charge >= 0.3 is 0 Å². The van der Waals surface area contributed by atoms with Gasteiger partial charge in [0.25, 0.3) is 5.69 Å². The van der Waals surface area contributed by atoms with Crippen molar-refractivity contribution < 1.29 is 10.0 Å². The molecule has 6 nitrogen and oxygen atoms in total. The number of nitrogens with zero attached hydrogens (tertiary/aromatic N) is 3. The SMILES string of the molecule is CCN(CCO)c1cc(C)nc2c([N+](=O)[O-])cccc12. The number of aliphatic hydroxyl groups excluding tert-OH is 1. The Morgan fingerprint density at radius 2 is 2.20 bits per heavy atom. The maximum absolute atomic E-state index is 11.1. The van der Waals surface area contributed by atoms with Crippen LogP contribution in [0.25, 0.3) is 10.9 Å². The molecule has 0 spiro atoms. The fourth-order valence-electron chi connectivity index (χ4n) is 2.32. The zero-order valence-electron chi connectivity index (χ0n) is 11.5. The van der Waals surface area contributed by atoms with Crippen molar-refractivity contribution in [2.75, 3.05) is 24.6 Å². The van der Waals surface area contributed by atoms with Gasteiger partial charge in [0, 0.05) is 35.9 Å². The number of pyridine rings is 1. The molecular formula is C14H17N3O3. The number of aryl methyl sites for hydroxylation is 1. The molecule has 0 amide bonds. The van der Waals surface area contributed by atoms with Gasteiger partial charge in [-0.15, -0.1) is 0 Å². The molecule has 0 fully saturated rings. The van der Waals surface area contributed by atoms with E-state index in [1.165, 1.54) is 6.07 Å². The third-order valence-electron chi connectivity index (χ3n) is 3.21. The molecule has 0 aliphatic heterocycles. The highest BCUT2D eigenvalue weighted by molar-refractivity contribution is 5.97. The summed E-state index contributed by atoms with van der Waals surface area (Å²) in [6.45, 7) is 5.02. The Balaban J connectivity index is 2.72. The van der Waals surface area contributed by atoms with E-state index in [0.717, 1.165) is 16.8 Å². The highest BCUT2D eigenvalue weighted by atomic mass is 16.6. The molecular weight excluding hydrogens is 258 g/mol. The third-order valence-corrected chi connectivity index (χ3v) is 3.21. The Labute approximate surface area is 116 Å². The maximum atomic E-state index is 11.1. The minimum atomic E-state index is -0.416. The Hall–Kier alpha value is -2.21. The Bertz CT molecular complexity index is 643. The number of non-ortho nitro benzene ring substituents is 1. The average molecular weight is 275 g/mol. The second-order valence-corrected chi connectivity index (χ2v) is 4.52. The Kier molecular flexibility index (Phi) is 4.14. The molecule has 0 unspecified atom stereocenters. The lowest BCUT2D eigenvalue weighted by atomic mass is 10.1. The number of hydrogen-bond acceptors (Lipinski definition) is 5. The monoisotopic (exact) mass is 275 g/mol. The molecule has 0 bridgehead atoms. The van der Waals surface area contributed by atoms with Gasteiger partial charge in [-0.2, -0.15) is 0 Å². The van der Waals surface area contributed by atoms with Gasteiger partial charge in [-0.05, 0) is 19.9 Å². The lowest BCUT2D eigenvalue weighted by Crippen LogP contribution is -2.26. The quantitative estimate of drug-likeness (QED) is 0.669. The summed E-state index contributed by atoms with van der Waals surface area (Å²) in [5.74, 6) is 0. The molecule has 2 aromatic rings. The van der Waals surface area contributed by atoms with E-state index in [2.05, 4.69) is 4.98 Å². The Morgan fingerprint density at radius 3 is 2.80 bits per heavy atom. The van der Waals surface area contributed by atoms with Crippen molar-refractivity contribution in [3.05, 3.63) is 40.1 Å². The van der Waals surface area contributed by atoms with Gasteiger partial charge in [0.15, 0.2) is 5.52 Å². The first-order chi connectivity index (χ1) is 9.58. The molecule has 0 aliphatic rings. The summed E-state index contributed by atoms with van der Waals surface area (Å²) >= 11 is 0. The molecule has 0 aliphatic carbocycles. The standard InChI is InChI=1S/C14H17N3O3/c1-3-16(7-8-18)13-9-10(2)15-14-11(13)5-4-6-12(14)17(19)20/h4-6,9,18H,3,7-8H2,1-2H3. The van der Waals surface area contributed by atoms with Crippen LogP contribution in [0, 0.1) is 17.0 Å². The predicted octanol–water partition coefficient (Wildman–Crippen LogP) is 2.27. The molecule has 6 heteroatoms. The van der Waals surface area contributed by atoms with Gasteiger partial charge in [-0.1, -0.05) is 12.1 Å². The number of nitro groups is 1. The number of fused-ring (bicyclic) bond motifs is 1. The number of benzene rings is 1. The van der Waals surface area contributed by atoms with E-state index in [1.807, 2.05) is 30.9 Å². The average Bonchev–Trinajstić information content (AvgIpc) is 2.43. The summed E-state index contributed by atoms with van der Waals surface area (Å²) in [6, 6.07) is 6.84. The van der Waals surface area contributed by atoms with Gasteiger partial charge in [0.1, 0.15) is 0 Å². The second kappa shape index (κ2) is 5.83. The smallest absolute Gasteiger partial charge is 0.295 e.